The van der Waals surface area contributed by atoms with Gasteiger partial charge in [0, 0.05) is 7.11 Å². The van der Waals surface area contributed by atoms with Gasteiger partial charge in [-0.05, 0) is 17.7 Å². The van der Waals surface area contributed by atoms with Gasteiger partial charge >= 0.3 is 0 Å². The molecule has 1 aromatic rings. The van der Waals surface area contributed by atoms with Gasteiger partial charge in [-0.15, -0.1) is 0 Å². The molecule has 0 amide bonds. The van der Waals surface area contributed by atoms with Crippen molar-refractivity contribution in [3.63, 3.8) is 0 Å². The smallest absolute Gasteiger partial charge is 0.190 e. The van der Waals surface area contributed by atoms with Gasteiger partial charge < -0.3 is 19.7 Å². The molecule has 0 radical (unpaired) electrons. The maximum atomic E-state index is 13.3. The Morgan fingerprint density at radius 2 is 1.82 bits per heavy atom. The number of ether oxygens (including phenoxy) is 2. The van der Waals surface area contributed by atoms with E-state index < -0.39 is 30.1 Å². The Morgan fingerprint density at radius 3 is 2.29 bits per heavy atom. The minimum atomic E-state index is -0.962. The normalized spacial score (nSPS) is 12.5. The molecule has 0 saturated carbocycles. The molecular formula is C11H14F2O4. The highest BCUT2D eigenvalue weighted by Gasteiger charge is 2.14. The summed E-state index contributed by atoms with van der Waals surface area (Å²) in [7, 11) is 1.39. The highest BCUT2D eigenvalue weighted by Crippen LogP contribution is 2.23. The first-order valence-electron chi connectivity index (χ1n) is 4.97. The number of hydrogen-bond acceptors (Lipinski definition) is 4. The molecular weight excluding hydrogens is 234 g/mol. The van der Waals surface area contributed by atoms with Crippen LogP contribution in [0.15, 0.2) is 12.1 Å². The maximum absolute atomic E-state index is 13.3. The Hall–Kier alpha value is -1.24. The van der Waals surface area contributed by atoms with E-state index in [2.05, 4.69) is 4.74 Å². The summed E-state index contributed by atoms with van der Waals surface area (Å²) in [6.45, 7) is -0.724. The number of rotatable bonds is 6. The van der Waals surface area contributed by atoms with Gasteiger partial charge in [0.05, 0.1) is 13.2 Å². The van der Waals surface area contributed by atoms with E-state index in [4.69, 9.17) is 9.84 Å². The highest BCUT2D eigenvalue weighted by atomic mass is 19.1. The Labute approximate surface area is 97.4 Å². The number of aliphatic hydroxyl groups is 2. The summed E-state index contributed by atoms with van der Waals surface area (Å²) >= 11 is 0. The first-order valence-corrected chi connectivity index (χ1v) is 4.97. The second-order valence-corrected chi connectivity index (χ2v) is 3.47. The van der Waals surface area contributed by atoms with E-state index in [0.29, 0.717) is 0 Å². The lowest BCUT2D eigenvalue weighted by atomic mass is 10.2. The van der Waals surface area contributed by atoms with Crippen LogP contribution in [0.1, 0.15) is 5.56 Å². The van der Waals surface area contributed by atoms with Crippen molar-refractivity contribution in [3.8, 4) is 5.75 Å². The molecule has 0 aliphatic rings. The van der Waals surface area contributed by atoms with E-state index in [-0.39, 0.29) is 18.8 Å². The molecule has 0 aliphatic heterocycles. The first-order chi connectivity index (χ1) is 8.08. The van der Waals surface area contributed by atoms with E-state index in [1.165, 1.54) is 7.11 Å². The van der Waals surface area contributed by atoms with E-state index in [9.17, 15) is 13.9 Å². The van der Waals surface area contributed by atoms with Crippen LogP contribution in [-0.4, -0.2) is 36.6 Å². The summed E-state index contributed by atoms with van der Waals surface area (Å²) in [6.07, 6.45) is -0.962. The third kappa shape index (κ3) is 3.92. The van der Waals surface area contributed by atoms with Crippen molar-refractivity contribution in [2.45, 2.75) is 12.7 Å². The van der Waals surface area contributed by atoms with Crippen LogP contribution >= 0.6 is 0 Å². The third-order valence-electron chi connectivity index (χ3n) is 2.02. The van der Waals surface area contributed by atoms with Crippen LogP contribution in [0.3, 0.4) is 0 Å². The molecule has 1 unspecified atom stereocenters. The van der Waals surface area contributed by atoms with Crippen molar-refractivity contribution >= 4 is 0 Å². The molecule has 0 spiro atoms. The highest BCUT2D eigenvalue weighted by molar-refractivity contribution is 5.31. The van der Waals surface area contributed by atoms with Gasteiger partial charge in [0.1, 0.15) is 12.7 Å². The van der Waals surface area contributed by atoms with Gasteiger partial charge in [-0.25, -0.2) is 8.78 Å². The molecule has 4 nitrogen and oxygen atoms in total. The molecule has 0 heterocycles. The Bertz CT molecular complexity index is 347. The molecule has 17 heavy (non-hydrogen) atoms. The lowest BCUT2D eigenvalue weighted by Crippen LogP contribution is -2.23. The fourth-order valence-electron chi connectivity index (χ4n) is 1.26. The summed E-state index contributed by atoms with van der Waals surface area (Å²) in [6, 6.07) is 1.95. The molecule has 0 aliphatic carbocycles. The van der Waals surface area contributed by atoms with Gasteiger partial charge in [0.25, 0.3) is 0 Å². The average Bonchev–Trinajstić information content (AvgIpc) is 2.28. The molecule has 1 atom stereocenters. The third-order valence-corrected chi connectivity index (χ3v) is 2.02. The number of aliphatic hydroxyl groups excluding tert-OH is 2. The van der Waals surface area contributed by atoms with Crippen molar-refractivity contribution in [2.75, 3.05) is 20.3 Å². The second-order valence-electron chi connectivity index (χ2n) is 3.47. The molecule has 0 bridgehead atoms. The lowest BCUT2D eigenvalue weighted by molar-refractivity contribution is 0.0305. The fraction of sp³-hybridized carbons (Fsp3) is 0.455. The first kappa shape index (κ1) is 13.8. The van der Waals surface area contributed by atoms with Crippen molar-refractivity contribution in [2.24, 2.45) is 0 Å². The predicted molar refractivity (Wildman–Crippen MR) is 55.7 cm³/mol. The van der Waals surface area contributed by atoms with E-state index in [1.807, 2.05) is 0 Å². The van der Waals surface area contributed by atoms with Crippen LogP contribution in [0.4, 0.5) is 8.78 Å². The van der Waals surface area contributed by atoms with Gasteiger partial charge in [0.2, 0.25) is 0 Å². The number of hydrogen-bond donors (Lipinski definition) is 2. The van der Waals surface area contributed by atoms with Gasteiger partial charge in [0.15, 0.2) is 17.4 Å². The second kappa shape index (κ2) is 6.48. The fourth-order valence-corrected chi connectivity index (χ4v) is 1.26. The van der Waals surface area contributed by atoms with E-state index >= 15 is 0 Å². The predicted octanol–water partition coefficient (Wildman–Crippen LogP) is 0.843. The monoisotopic (exact) mass is 248 g/mol. The molecule has 0 saturated heterocycles. The molecule has 0 fully saturated rings. The number of halogens is 2. The van der Waals surface area contributed by atoms with Crippen LogP contribution in [-0.2, 0) is 11.3 Å². The number of methoxy groups -OCH3 is 1. The molecule has 0 aromatic heterocycles. The van der Waals surface area contributed by atoms with E-state index in [1.54, 1.807) is 0 Å². The van der Waals surface area contributed by atoms with Gasteiger partial charge in [-0.2, -0.15) is 0 Å². The molecule has 2 N–H and O–H groups in total. The van der Waals surface area contributed by atoms with Crippen LogP contribution in [0, 0.1) is 11.6 Å². The van der Waals surface area contributed by atoms with Crippen molar-refractivity contribution < 1.29 is 28.5 Å². The zero-order valence-electron chi connectivity index (χ0n) is 9.32. The quantitative estimate of drug-likeness (QED) is 0.783. The van der Waals surface area contributed by atoms with Crippen LogP contribution in [0.25, 0.3) is 0 Å². The molecule has 96 valence electrons. The van der Waals surface area contributed by atoms with Crippen molar-refractivity contribution in [3.05, 3.63) is 29.3 Å². The zero-order valence-corrected chi connectivity index (χ0v) is 9.32. The molecule has 1 rings (SSSR count). The summed E-state index contributed by atoms with van der Waals surface area (Å²) in [5.41, 5.74) is 0.116. The minimum absolute atomic E-state index is 0.0119. The van der Waals surface area contributed by atoms with E-state index in [0.717, 1.165) is 12.1 Å². The topological polar surface area (TPSA) is 58.9 Å². The van der Waals surface area contributed by atoms with Gasteiger partial charge in [-0.1, -0.05) is 0 Å². The van der Waals surface area contributed by atoms with Crippen molar-refractivity contribution in [1.29, 1.82) is 0 Å². The maximum Gasteiger partial charge on any atom is 0.190 e. The van der Waals surface area contributed by atoms with Crippen LogP contribution < -0.4 is 4.74 Å². The Balaban J connectivity index is 2.71. The summed E-state index contributed by atoms with van der Waals surface area (Å²) < 4.78 is 36.1. The zero-order chi connectivity index (χ0) is 12.8. The summed E-state index contributed by atoms with van der Waals surface area (Å²) in [5.74, 6) is -2.41. The average molecular weight is 248 g/mol. The minimum Gasteiger partial charge on any atom is -0.485 e. The number of benzene rings is 1. The van der Waals surface area contributed by atoms with Crippen LogP contribution in [0.5, 0.6) is 5.75 Å². The Kier molecular flexibility index (Phi) is 5.27. The lowest BCUT2D eigenvalue weighted by Gasteiger charge is -2.13. The Morgan fingerprint density at radius 1 is 1.24 bits per heavy atom. The largest absolute Gasteiger partial charge is 0.485 e. The summed E-state index contributed by atoms with van der Waals surface area (Å²) in [5, 5.41) is 18.0. The van der Waals surface area contributed by atoms with Crippen LogP contribution in [0.2, 0.25) is 0 Å². The summed E-state index contributed by atoms with van der Waals surface area (Å²) in [4.78, 5) is 0. The molecule has 6 heteroatoms. The molecule has 1 aromatic carbocycles. The SMILES string of the molecule is COCC(O)COc1c(F)cc(CO)cc1F. The standard InChI is InChI=1S/C11H14F2O4/c1-16-5-8(15)6-17-11-9(12)2-7(4-14)3-10(11)13/h2-3,8,14-15H,4-6H2,1H3. The van der Waals surface area contributed by atoms with Gasteiger partial charge in [-0.3, -0.25) is 0 Å². The van der Waals surface area contributed by atoms with Crippen molar-refractivity contribution in [1.82, 2.24) is 0 Å².